The SMILES string of the molecule is CS(=O)(=O)c1ccc(NC(=O)C(N)CC2CCCCC2)cn1. The molecule has 1 fully saturated rings. The second-order valence-corrected chi connectivity index (χ2v) is 7.96. The molecule has 0 radical (unpaired) electrons. The molecule has 0 saturated heterocycles. The van der Waals surface area contributed by atoms with Crippen molar-refractivity contribution in [2.75, 3.05) is 11.6 Å². The summed E-state index contributed by atoms with van der Waals surface area (Å²) in [5, 5.41) is 2.67. The molecular weight excluding hydrogens is 302 g/mol. The van der Waals surface area contributed by atoms with Crippen LogP contribution in [0.25, 0.3) is 0 Å². The topological polar surface area (TPSA) is 102 Å². The summed E-state index contributed by atoms with van der Waals surface area (Å²) in [5.41, 5.74) is 6.42. The predicted octanol–water partition coefficient (Wildman–Crippen LogP) is 1.72. The number of carbonyl (C=O) groups excluding carboxylic acids is 1. The molecular formula is C15H23N3O3S. The van der Waals surface area contributed by atoms with E-state index in [1.807, 2.05) is 0 Å². The van der Waals surface area contributed by atoms with E-state index in [0.717, 1.165) is 19.1 Å². The van der Waals surface area contributed by atoms with Crippen molar-refractivity contribution in [1.82, 2.24) is 4.98 Å². The fraction of sp³-hybridized carbons (Fsp3) is 0.600. The van der Waals surface area contributed by atoms with Crippen molar-refractivity contribution in [2.24, 2.45) is 11.7 Å². The average Bonchev–Trinajstić information content (AvgIpc) is 2.48. The fourth-order valence-electron chi connectivity index (χ4n) is 2.80. The van der Waals surface area contributed by atoms with Gasteiger partial charge < -0.3 is 11.1 Å². The number of rotatable bonds is 5. The van der Waals surface area contributed by atoms with Crippen molar-refractivity contribution in [3.05, 3.63) is 18.3 Å². The third-order valence-corrected chi connectivity index (χ3v) is 5.03. The van der Waals surface area contributed by atoms with Crippen LogP contribution in [0.1, 0.15) is 38.5 Å². The molecule has 1 saturated carbocycles. The Hall–Kier alpha value is -1.47. The van der Waals surface area contributed by atoms with Crippen LogP contribution in [0, 0.1) is 5.92 Å². The summed E-state index contributed by atoms with van der Waals surface area (Å²) in [6, 6.07) is 2.35. The Morgan fingerprint density at radius 3 is 2.59 bits per heavy atom. The summed E-state index contributed by atoms with van der Waals surface area (Å²) < 4.78 is 22.7. The summed E-state index contributed by atoms with van der Waals surface area (Å²) in [6.45, 7) is 0. The predicted molar refractivity (Wildman–Crippen MR) is 85.1 cm³/mol. The van der Waals surface area contributed by atoms with E-state index in [2.05, 4.69) is 10.3 Å². The van der Waals surface area contributed by atoms with E-state index in [1.54, 1.807) is 0 Å². The standard InChI is InChI=1S/C15H23N3O3S/c1-22(20,21)14-8-7-12(10-17-14)18-15(19)13(16)9-11-5-3-2-4-6-11/h7-8,10-11,13H,2-6,9,16H2,1H3,(H,18,19). The molecule has 3 N–H and O–H groups in total. The Balaban J connectivity index is 1.90. The van der Waals surface area contributed by atoms with Gasteiger partial charge in [0.2, 0.25) is 5.91 Å². The van der Waals surface area contributed by atoms with Gasteiger partial charge in [0.05, 0.1) is 17.9 Å². The molecule has 0 bridgehead atoms. The molecule has 1 aromatic rings. The highest BCUT2D eigenvalue weighted by atomic mass is 32.2. The summed E-state index contributed by atoms with van der Waals surface area (Å²) in [7, 11) is -3.33. The molecule has 1 atom stereocenters. The Bertz CT molecular complexity index is 607. The van der Waals surface area contributed by atoms with Crippen LogP contribution < -0.4 is 11.1 Å². The van der Waals surface area contributed by atoms with E-state index in [1.165, 1.54) is 37.6 Å². The van der Waals surface area contributed by atoms with Crippen molar-refractivity contribution in [3.63, 3.8) is 0 Å². The van der Waals surface area contributed by atoms with Gasteiger partial charge in [-0.15, -0.1) is 0 Å². The lowest BCUT2D eigenvalue weighted by atomic mass is 9.85. The zero-order valence-electron chi connectivity index (χ0n) is 12.8. The molecule has 1 aliphatic rings. The number of nitrogens with zero attached hydrogens (tertiary/aromatic N) is 1. The lowest BCUT2D eigenvalue weighted by molar-refractivity contribution is -0.117. The highest BCUT2D eigenvalue weighted by molar-refractivity contribution is 7.90. The molecule has 122 valence electrons. The fourth-order valence-corrected chi connectivity index (χ4v) is 3.36. The summed E-state index contributed by atoms with van der Waals surface area (Å²) >= 11 is 0. The van der Waals surface area contributed by atoms with Crippen LogP contribution >= 0.6 is 0 Å². The monoisotopic (exact) mass is 325 g/mol. The van der Waals surface area contributed by atoms with E-state index >= 15 is 0 Å². The highest BCUT2D eigenvalue weighted by Gasteiger charge is 2.21. The smallest absolute Gasteiger partial charge is 0.241 e. The number of aromatic nitrogens is 1. The van der Waals surface area contributed by atoms with Gasteiger partial charge in [-0.3, -0.25) is 4.79 Å². The minimum atomic E-state index is -3.33. The minimum absolute atomic E-state index is 0.0167. The molecule has 0 spiro atoms. The number of nitrogens with two attached hydrogens (primary N) is 1. The number of anilines is 1. The molecule has 2 rings (SSSR count). The second kappa shape index (κ2) is 7.19. The first-order valence-electron chi connectivity index (χ1n) is 7.59. The van der Waals surface area contributed by atoms with Gasteiger partial charge in [-0.1, -0.05) is 32.1 Å². The van der Waals surface area contributed by atoms with E-state index in [0.29, 0.717) is 18.0 Å². The van der Waals surface area contributed by atoms with Crippen molar-refractivity contribution >= 4 is 21.4 Å². The van der Waals surface area contributed by atoms with Crippen molar-refractivity contribution in [1.29, 1.82) is 0 Å². The molecule has 0 aromatic carbocycles. The van der Waals surface area contributed by atoms with Gasteiger partial charge in [0.25, 0.3) is 0 Å². The third kappa shape index (κ3) is 4.78. The molecule has 0 aliphatic heterocycles. The van der Waals surface area contributed by atoms with Crippen LogP contribution in [-0.2, 0) is 14.6 Å². The largest absolute Gasteiger partial charge is 0.323 e. The number of pyridine rings is 1. The molecule has 1 unspecified atom stereocenters. The summed E-state index contributed by atoms with van der Waals surface area (Å²) in [4.78, 5) is 15.9. The van der Waals surface area contributed by atoms with Crippen LogP contribution in [0.3, 0.4) is 0 Å². The molecule has 6 nitrogen and oxygen atoms in total. The average molecular weight is 325 g/mol. The molecule has 1 heterocycles. The number of hydrogen-bond donors (Lipinski definition) is 2. The van der Waals surface area contributed by atoms with Gasteiger partial charge >= 0.3 is 0 Å². The number of sulfone groups is 1. The van der Waals surface area contributed by atoms with Crippen molar-refractivity contribution in [2.45, 2.75) is 49.6 Å². The maximum absolute atomic E-state index is 12.1. The first kappa shape index (κ1) is 16.9. The van der Waals surface area contributed by atoms with Crippen molar-refractivity contribution < 1.29 is 13.2 Å². The number of carbonyl (C=O) groups is 1. The van der Waals surface area contributed by atoms with Crippen LogP contribution in [0.2, 0.25) is 0 Å². The van der Waals surface area contributed by atoms with E-state index in [4.69, 9.17) is 5.73 Å². The van der Waals surface area contributed by atoms with E-state index in [9.17, 15) is 13.2 Å². The maximum Gasteiger partial charge on any atom is 0.241 e. The van der Waals surface area contributed by atoms with Crippen LogP contribution in [0.4, 0.5) is 5.69 Å². The van der Waals surface area contributed by atoms with E-state index < -0.39 is 15.9 Å². The highest BCUT2D eigenvalue weighted by Crippen LogP contribution is 2.27. The Labute approximate surface area is 131 Å². The third-order valence-electron chi connectivity index (χ3n) is 4.03. The summed E-state index contributed by atoms with van der Waals surface area (Å²) in [5.74, 6) is 0.278. The van der Waals surface area contributed by atoms with Gasteiger partial charge in [-0.2, -0.15) is 0 Å². The van der Waals surface area contributed by atoms with Crippen LogP contribution in [0.5, 0.6) is 0 Å². The first-order valence-corrected chi connectivity index (χ1v) is 9.48. The van der Waals surface area contributed by atoms with Gasteiger partial charge in [0.15, 0.2) is 14.9 Å². The molecule has 22 heavy (non-hydrogen) atoms. The zero-order valence-corrected chi connectivity index (χ0v) is 13.6. The van der Waals surface area contributed by atoms with Gasteiger partial charge in [-0.05, 0) is 24.5 Å². The quantitative estimate of drug-likeness (QED) is 0.858. The number of hydrogen-bond acceptors (Lipinski definition) is 5. The number of nitrogens with one attached hydrogen (secondary N) is 1. The second-order valence-electron chi connectivity index (χ2n) is 5.99. The first-order chi connectivity index (χ1) is 10.4. The normalized spacial score (nSPS) is 17.9. The molecule has 7 heteroatoms. The lowest BCUT2D eigenvalue weighted by Gasteiger charge is -2.24. The van der Waals surface area contributed by atoms with Crippen molar-refractivity contribution in [3.8, 4) is 0 Å². The molecule has 1 aromatic heterocycles. The van der Waals surface area contributed by atoms with Gasteiger partial charge in [0.1, 0.15) is 0 Å². The lowest BCUT2D eigenvalue weighted by Crippen LogP contribution is -2.37. The van der Waals surface area contributed by atoms with E-state index in [-0.39, 0.29) is 10.9 Å². The molecule has 1 amide bonds. The minimum Gasteiger partial charge on any atom is -0.323 e. The molecule has 1 aliphatic carbocycles. The number of amides is 1. The summed E-state index contributed by atoms with van der Waals surface area (Å²) in [6.07, 6.45) is 9.12. The van der Waals surface area contributed by atoms with Crippen LogP contribution in [0.15, 0.2) is 23.4 Å². The van der Waals surface area contributed by atoms with Crippen LogP contribution in [-0.4, -0.2) is 31.6 Å². The Kier molecular flexibility index (Phi) is 5.52. The zero-order chi connectivity index (χ0) is 16.2. The Morgan fingerprint density at radius 2 is 2.05 bits per heavy atom. The van der Waals surface area contributed by atoms with Gasteiger partial charge in [-0.25, -0.2) is 13.4 Å². The maximum atomic E-state index is 12.1. The Morgan fingerprint density at radius 1 is 1.36 bits per heavy atom. The van der Waals surface area contributed by atoms with Gasteiger partial charge in [0, 0.05) is 6.26 Å².